The molecule has 0 N–H and O–H groups in total. The number of aromatic nitrogens is 2. The zero-order chi connectivity index (χ0) is 15.4. The van der Waals surface area contributed by atoms with Gasteiger partial charge in [0.1, 0.15) is 5.56 Å². The molecule has 0 saturated heterocycles. The molecular formula is C16H21N3O2. The molecule has 0 fully saturated rings. The summed E-state index contributed by atoms with van der Waals surface area (Å²) in [6, 6.07) is 7.45. The second-order valence-electron chi connectivity index (χ2n) is 5.29. The lowest BCUT2D eigenvalue weighted by molar-refractivity contribution is 0.0775. The summed E-state index contributed by atoms with van der Waals surface area (Å²) < 4.78 is 7.61. The molecule has 2 heterocycles. The molecule has 1 amide bonds. The summed E-state index contributed by atoms with van der Waals surface area (Å²) in [6.45, 7) is 4.37. The Hall–Kier alpha value is -2.30. The molecule has 5 heteroatoms. The van der Waals surface area contributed by atoms with Gasteiger partial charge in [-0.15, -0.1) is 0 Å². The lowest BCUT2D eigenvalue weighted by atomic mass is 10.2. The van der Waals surface area contributed by atoms with Crippen molar-refractivity contribution in [3.8, 4) is 5.88 Å². The van der Waals surface area contributed by atoms with Gasteiger partial charge < -0.3 is 14.2 Å². The van der Waals surface area contributed by atoms with E-state index in [1.807, 2.05) is 43.8 Å². The van der Waals surface area contributed by atoms with Gasteiger partial charge in [-0.05, 0) is 38.1 Å². The van der Waals surface area contributed by atoms with Gasteiger partial charge in [0.05, 0.1) is 12.6 Å². The first kappa shape index (κ1) is 15.1. The van der Waals surface area contributed by atoms with E-state index in [1.54, 1.807) is 30.3 Å². The molecular weight excluding hydrogens is 266 g/mol. The smallest absolute Gasteiger partial charge is 0.259 e. The van der Waals surface area contributed by atoms with Crippen LogP contribution in [0, 0.1) is 0 Å². The number of carbonyl (C=O) groups is 1. The topological polar surface area (TPSA) is 47.4 Å². The van der Waals surface area contributed by atoms with E-state index in [9.17, 15) is 4.79 Å². The van der Waals surface area contributed by atoms with Gasteiger partial charge in [0.25, 0.3) is 5.91 Å². The van der Waals surface area contributed by atoms with E-state index < -0.39 is 0 Å². The minimum absolute atomic E-state index is 0.0235. The van der Waals surface area contributed by atoms with E-state index in [-0.39, 0.29) is 12.0 Å². The van der Waals surface area contributed by atoms with Crippen molar-refractivity contribution < 1.29 is 9.53 Å². The number of rotatable bonds is 5. The number of ether oxygens (including phenoxy) is 1. The highest BCUT2D eigenvalue weighted by Crippen LogP contribution is 2.18. The van der Waals surface area contributed by atoms with Crippen LogP contribution in [0.1, 0.15) is 29.9 Å². The molecule has 0 aliphatic heterocycles. The molecule has 0 aliphatic rings. The summed E-state index contributed by atoms with van der Waals surface area (Å²) >= 11 is 0. The van der Waals surface area contributed by atoms with Crippen LogP contribution in [-0.2, 0) is 13.6 Å². The molecule has 112 valence electrons. The van der Waals surface area contributed by atoms with Crippen molar-refractivity contribution in [2.24, 2.45) is 7.05 Å². The number of hydrogen-bond acceptors (Lipinski definition) is 3. The highest BCUT2D eigenvalue weighted by atomic mass is 16.5. The van der Waals surface area contributed by atoms with Gasteiger partial charge >= 0.3 is 0 Å². The Morgan fingerprint density at radius 2 is 2.14 bits per heavy atom. The van der Waals surface area contributed by atoms with Crippen molar-refractivity contribution in [3.63, 3.8) is 0 Å². The molecule has 2 rings (SSSR count). The minimum atomic E-state index is -0.0973. The quantitative estimate of drug-likeness (QED) is 0.849. The predicted molar refractivity (Wildman–Crippen MR) is 81.2 cm³/mol. The zero-order valence-corrected chi connectivity index (χ0v) is 12.9. The zero-order valence-electron chi connectivity index (χ0n) is 12.9. The third-order valence-electron chi connectivity index (χ3n) is 3.15. The lowest BCUT2D eigenvalue weighted by Gasteiger charge is -2.19. The summed E-state index contributed by atoms with van der Waals surface area (Å²) in [4.78, 5) is 18.4. The van der Waals surface area contributed by atoms with Crippen molar-refractivity contribution >= 4 is 5.91 Å². The monoisotopic (exact) mass is 287 g/mol. The highest BCUT2D eigenvalue weighted by molar-refractivity contribution is 5.96. The van der Waals surface area contributed by atoms with Crippen LogP contribution in [0.25, 0.3) is 0 Å². The van der Waals surface area contributed by atoms with Crippen molar-refractivity contribution in [2.45, 2.75) is 26.5 Å². The first-order valence-corrected chi connectivity index (χ1v) is 6.96. The van der Waals surface area contributed by atoms with E-state index in [2.05, 4.69) is 4.98 Å². The molecule has 0 atom stereocenters. The molecule has 2 aromatic heterocycles. The highest BCUT2D eigenvalue weighted by Gasteiger charge is 2.19. The van der Waals surface area contributed by atoms with Crippen molar-refractivity contribution in [2.75, 3.05) is 7.05 Å². The Labute approximate surface area is 125 Å². The number of carbonyl (C=O) groups excluding carboxylic acids is 1. The normalized spacial score (nSPS) is 10.7. The maximum atomic E-state index is 12.6. The SMILES string of the molecule is CC(C)Oc1ncccc1C(=O)N(C)Cc1cccn1C. The van der Waals surface area contributed by atoms with Gasteiger partial charge in [-0.1, -0.05) is 0 Å². The Morgan fingerprint density at radius 1 is 1.38 bits per heavy atom. The van der Waals surface area contributed by atoms with Gasteiger partial charge in [0.15, 0.2) is 0 Å². The van der Waals surface area contributed by atoms with Gasteiger partial charge in [-0.3, -0.25) is 4.79 Å². The fraction of sp³-hybridized carbons (Fsp3) is 0.375. The maximum Gasteiger partial charge on any atom is 0.259 e. The number of hydrogen-bond donors (Lipinski definition) is 0. The van der Waals surface area contributed by atoms with E-state index in [1.165, 1.54) is 0 Å². The summed E-state index contributed by atoms with van der Waals surface area (Å²) in [6.07, 6.45) is 3.57. The summed E-state index contributed by atoms with van der Waals surface area (Å²) in [5.74, 6) is 0.288. The van der Waals surface area contributed by atoms with Crippen LogP contribution >= 0.6 is 0 Å². The second-order valence-corrected chi connectivity index (χ2v) is 5.29. The second kappa shape index (κ2) is 6.43. The largest absolute Gasteiger partial charge is 0.474 e. The van der Waals surface area contributed by atoms with Gasteiger partial charge in [0, 0.05) is 32.2 Å². The van der Waals surface area contributed by atoms with Gasteiger partial charge in [0.2, 0.25) is 5.88 Å². The maximum absolute atomic E-state index is 12.6. The number of nitrogens with zero attached hydrogens (tertiary/aromatic N) is 3. The molecule has 21 heavy (non-hydrogen) atoms. The standard InChI is InChI=1S/C16H21N3O2/c1-12(2)21-15-14(8-5-9-17-15)16(20)19(4)11-13-7-6-10-18(13)3/h5-10,12H,11H2,1-4H3. The van der Waals surface area contributed by atoms with E-state index in [4.69, 9.17) is 4.74 Å². The van der Waals surface area contributed by atoms with Crippen LogP contribution in [0.3, 0.4) is 0 Å². The third kappa shape index (κ3) is 3.62. The van der Waals surface area contributed by atoms with Gasteiger partial charge in [-0.25, -0.2) is 4.98 Å². The fourth-order valence-corrected chi connectivity index (χ4v) is 2.05. The summed E-state index contributed by atoms with van der Waals surface area (Å²) in [7, 11) is 3.74. The molecule has 2 aromatic rings. The van der Waals surface area contributed by atoms with Crippen LogP contribution in [-0.4, -0.2) is 33.5 Å². The molecule has 0 bridgehead atoms. The lowest BCUT2D eigenvalue weighted by Crippen LogP contribution is -2.28. The van der Waals surface area contributed by atoms with E-state index in [0.29, 0.717) is 18.0 Å². The first-order chi connectivity index (χ1) is 9.99. The van der Waals surface area contributed by atoms with Crippen molar-refractivity contribution in [1.29, 1.82) is 0 Å². The Balaban J connectivity index is 2.17. The van der Waals surface area contributed by atoms with Crippen molar-refractivity contribution in [3.05, 3.63) is 47.9 Å². The van der Waals surface area contributed by atoms with Crippen molar-refractivity contribution in [1.82, 2.24) is 14.5 Å². The molecule has 5 nitrogen and oxygen atoms in total. The molecule has 0 radical (unpaired) electrons. The van der Waals surface area contributed by atoms with E-state index in [0.717, 1.165) is 5.69 Å². The molecule has 0 aliphatic carbocycles. The van der Waals surface area contributed by atoms with Crippen LogP contribution in [0.5, 0.6) is 5.88 Å². The van der Waals surface area contributed by atoms with Gasteiger partial charge in [-0.2, -0.15) is 0 Å². The molecule has 0 aromatic carbocycles. The third-order valence-corrected chi connectivity index (χ3v) is 3.15. The summed E-state index contributed by atoms with van der Waals surface area (Å²) in [5.41, 5.74) is 1.56. The number of amides is 1. The number of aryl methyl sites for hydroxylation is 1. The molecule has 0 saturated carbocycles. The minimum Gasteiger partial charge on any atom is -0.474 e. The molecule has 0 unspecified atom stereocenters. The average Bonchev–Trinajstić information content (AvgIpc) is 2.83. The average molecular weight is 287 g/mol. The summed E-state index contributed by atoms with van der Waals surface area (Å²) in [5, 5.41) is 0. The Bertz CT molecular complexity index is 619. The van der Waals surface area contributed by atoms with Crippen LogP contribution in [0.4, 0.5) is 0 Å². The fourth-order valence-electron chi connectivity index (χ4n) is 2.05. The van der Waals surface area contributed by atoms with Crippen LogP contribution in [0.2, 0.25) is 0 Å². The number of pyridine rings is 1. The van der Waals surface area contributed by atoms with Crippen LogP contribution < -0.4 is 4.74 Å². The first-order valence-electron chi connectivity index (χ1n) is 6.96. The van der Waals surface area contributed by atoms with Crippen LogP contribution in [0.15, 0.2) is 36.7 Å². The Kier molecular flexibility index (Phi) is 4.62. The van der Waals surface area contributed by atoms with E-state index >= 15 is 0 Å². The predicted octanol–water partition coefficient (Wildman–Crippen LogP) is 2.48. The Morgan fingerprint density at radius 3 is 2.76 bits per heavy atom. The molecule has 0 spiro atoms.